The van der Waals surface area contributed by atoms with E-state index < -0.39 is 0 Å². The Bertz CT molecular complexity index is 228. The van der Waals surface area contributed by atoms with Gasteiger partial charge in [-0.05, 0) is 6.07 Å². The van der Waals surface area contributed by atoms with Crippen LogP contribution < -0.4 is 4.68 Å². The summed E-state index contributed by atoms with van der Waals surface area (Å²) < 4.78 is 2.66. The van der Waals surface area contributed by atoms with Crippen LogP contribution in [0, 0.1) is 4.51 Å². The molecule has 0 bridgehead atoms. The Morgan fingerprint density at radius 1 is 1.75 bits per heavy atom. The van der Waals surface area contributed by atoms with E-state index >= 15 is 0 Å². The highest BCUT2D eigenvalue weighted by Gasteiger charge is 1.83. The number of hydrogen-bond acceptors (Lipinski definition) is 1. The van der Waals surface area contributed by atoms with Gasteiger partial charge in [0.25, 0.3) is 0 Å². The number of H-pyrrole nitrogens is 1. The summed E-state index contributed by atoms with van der Waals surface area (Å²) in [5.41, 5.74) is 0. The van der Waals surface area contributed by atoms with Crippen molar-refractivity contribution in [2.24, 2.45) is 7.05 Å². The lowest BCUT2D eigenvalue weighted by Crippen LogP contribution is -2.31. The summed E-state index contributed by atoms with van der Waals surface area (Å²) >= 11 is 4.86. The molecule has 3 heteroatoms. The average molecular weight is 127 g/mol. The van der Waals surface area contributed by atoms with Gasteiger partial charge in [0.1, 0.15) is 4.51 Å². The SMILES string of the molecule is C[n+]1cc(=S)cc[nH]1. The summed E-state index contributed by atoms with van der Waals surface area (Å²) in [6.07, 6.45) is 3.65. The third-order valence-electron chi connectivity index (χ3n) is 0.847. The summed E-state index contributed by atoms with van der Waals surface area (Å²) in [4.78, 5) is 0. The van der Waals surface area contributed by atoms with E-state index in [1.165, 1.54) is 0 Å². The molecule has 0 radical (unpaired) electrons. The fraction of sp³-hybridized carbons (Fsp3) is 0.200. The molecule has 0 fully saturated rings. The standard InChI is InChI=1S/C5H6N2S/c1-7-4-5(8)2-3-6-7/h2-4H,1H3/p+1. The molecule has 1 N–H and O–H groups in total. The Hall–Kier alpha value is -0.700. The number of hydrogen-bond donors (Lipinski definition) is 1. The number of nitrogens with one attached hydrogen (secondary N) is 1. The van der Waals surface area contributed by atoms with Crippen LogP contribution in [0.15, 0.2) is 18.5 Å². The third-order valence-corrected chi connectivity index (χ3v) is 1.09. The van der Waals surface area contributed by atoms with Crippen LogP contribution in [0.5, 0.6) is 0 Å². The first-order valence-corrected chi connectivity index (χ1v) is 2.74. The largest absolute Gasteiger partial charge is 0.211 e. The highest BCUT2D eigenvalue weighted by molar-refractivity contribution is 7.71. The predicted molar refractivity (Wildman–Crippen MR) is 32.8 cm³/mol. The number of aromatic nitrogens is 2. The Kier molecular flexibility index (Phi) is 1.39. The molecular weight excluding hydrogens is 120 g/mol. The maximum absolute atomic E-state index is 4.86. The molecule has 0 spiro atoms. The molecule has 0 atom stereocenters. The smallest absolute Gasteiger partial charge is 0.173 e. The molecule has 0 aliphatic carbocycles. The molecule has 0 amide bonds. The normalized spacial score (nSPS) is 9.12. The molecule has 42 valence electrons. The van der Waals surface area contributed by atoms with Crippen LogP contribution >= 0.6 is 12.2 Å². The van der Waals surface area contributed by atoms with Crippen molar-refractivity contribution in [1.82, 2.24) is 5.10 Å². The molecule has 0 aliphatic rings. The van der Waals surface area contributed by atoms with Gasteiger partial charge in [-0.1, -0.05) is 12.2 Å². The quantitative estimate of drug-likeness (QED) is 0.399. The molecule has 0 aromatic carbocycles. The van der Waals surface area contributed by atoms with Gasteiger partial charge in [-0.15, -0.1) is 4.68 Å². The number of nitrogens with zero attached hydrogens (tertiary/aromatic N) is 1. The minimum absolute atomic E-state index is 0.853. The highest BCUT2D eigenvalue weighted by Crippen LogP contribution is 1.77. The Balaban J connectivity index is 3.28. The minimum Gasteiger partial charge on any atom is -0.173 e. The molecule has 1 rings (SSSR count). The van der Waals surface area contributed by atoms with Crippen molar-refractivity contribution in [2.45, 2.75) is 0 Å². The maximum Gasteiger partial charge on any atom is 0.211 e. The van der Waals surface area contributed by atoms with E-state index in [0.717, 1.165) is 4.51 Å². The summed E-state index contributed by atoms with van der Waals surface area (Å²) in [5, 5.41) is 2.92. The van der Waals surface area contributed by atoms with Crippen molar-refractivity contribution < 1.29 is 4.68 Å². The van der Waals surface area contributed by atoms with Crippen LogP contribution in [-0.2, 0) is 7.05 Å². The van der Waals surface area contributed by atoms with E-state index in [-0.39, 0.29) is 0 Å². The zero-order chi connectivity index (χ0) is 5.98. The number of rotatable bonds is 0. The summed E-state index contributed by atoms with van der Waals surface area (Å²) in [6, 6.07) is 1.84. The van der Waals surface area contributed by atoms with Crippen LogP contribution in [0.3, 0.4) is 0 Å². The van der Waals surface area contributed by atoms with E-state index in [1.807, 2.05) is 30.2 Å². The van der Waals surface area contributed by atoms with Gasteiger partial charge in [0, 0.05) is 0 Å². The number of aromatic amines is 1. The van der Waals surface area contributed by atoms with Crippen molar-refractivity contribution in [3.63, 3.8) is 0 Å². The van der Waals surface area contributed by atoms with E-state index in [9.17, 15) is 0 Å². The lowest BCUT2D eigenvalue weighted by atomic mass is 10.6. The second kappa shape index (κ2) is 2.05. The van der Waals surface area contributed by atoms with Crippen molar-refractivity contribution in [2.75, 3.05) is 0 Å². The molecule has 0 unspecified atom stereocenters. The first-order valence-electron chi connectivity index (χ1n) is 2.33. The molecule has 1 heterocycles. The summed E-state index contributed by atoms with van der Waals surface area (Å²) in [7, 11) is 1.90. The molecule has 1 aromatic heterocycles. The van der Waals surface area contributed by atoms with Crippen LogP contribution in [0.1, 0.15) is 0 Å². The Morgan fingerprint density at radius 2 is 2.50 bits per heavy atom. The van der Waals surface area contributed by atoms with Gasteiger partial charge in [-0.2, -0.15) is 5.10 Å². The second-order valence-corrected chi connectivity index (χ2v) is 2.08. The molecule has 1 aromatic rings. The van der Waals surface area contributed by atoms with Crippen LogP contribution in [-0.4, -0.2) is 5.10 Å². The van der Waals surface area contributed by atoms with Crippen molar-refractivity contribution in [3.05, 3.63) is 23.0 Å². The van der Waals surface area contributed by atoms with Gasteiger partial charge in [0.2, 0.25) is 6.20 Å². The molecule has 8 heavy (non-hydrogen) atoms. The van der Waals surface area contributed by atoms with Gasteiger partial charge >= 0.3 is 0 Å². The molecule has 0 saturated carbocycles. The van der Waals surface area contributed by atoms with Crippen molar-refractivity contribution in [3.8, 4) is 0 Å². The van der Waals surface area contributed by atoms with Crippen molar-refractivity contribution >= 4 is 12.2 Å². The monoisotopic (exact) mass is 127 g/mol. The fourth-order valence-corrected chi connectivity index (χ4v) is 0.734. The van der Waals surface area contributed by atoms with E-state index in [4.69, 9.17) is 12.2 Å². The highest BCUT2D eigenvalue weighted by atomic mass is 32.1. The minimum atomic E-state index is 0.853. The molecular formula is C5H7N2S+. The third kappa shape index (κ3) is 1.13. The first kappa shape index (κ1) is 5.44. The zero-order valence-corrected chi connectivity index (χ0v) is 5.40. The van der Waals surface area contributed by atoms with E-state index in [2.05, 4.69) is 5.10 Å². The van der Waals surface area contributed by atoms with Gasteiger partial charge in [-0.3, -0.25) is 0 Å². The lowest BCUT2D eigenvalue weighted by Gasteiger charge is -1.80. The maximum atomic E-state index is 4.86. The van der Waals surface area contributed by atoms with Crippen LogP contribution in [0.2, 0.25) is 0 Å². The summed E-state index contributed by atoms with van der Waals surface area (Å²) in [6.45, 7) is 0. The number of aryl methyl sites for hydroxylation is 1. The topological polar surface area (TPSA) is 19.7 Å². The second-order valence-electron chi connectivity index (χ2n) is 1.60. The fourth-order valence-electron chi connectivity index (χ4n) is 0.508. The van der Waals surface area contributed by atoms with Gasteiger partial charge in [0.15, 0.2) is 7.05 Å². The van der Waals surface area contributed by atoms with Crippen LogP contribution in [0.4, 0.5) is 0 Å². The van der Waals surface area contributed by atoms with Crippen LogP contribution in [0.25, 0.3) is 0 Å². The first-order chi connectivity index (χ1) is 3.79. The summed E-state index contributed by atoms with van der Waals surface area (Å²) in [5.74, 6) is 0. The Morgan fingerprint density at radius 3 is 2.88 bits per heavy atom. The van der Waals surface area contributed by atoms with Gasteiger partial charge < -0.3 is 0 Å². The molecule has 0 saturated heterocycles. The average Bonchev–Trinajstić information content (AvgIpc) is 1.64. The van der Waals surface area contributed by atoms with E-state index in [1.54, 1.807) is 0 Å². The Labute approximate surface area is 52.8 Å². The van der Waals surface area contributed by atoms with Crippen molar-refractivity contribution in [1.29, 1.82) is 0 Å². The molecule has 2 nitrogen and oxygen atoms in total. The zero-order valence-electron chi connectivity index (χ0n) is 4.59. The van der Waals surface area contributed by atoms with Gasteiger partial charge in [-0.25, -0.2) is 0 Å². The van der Waals surface area contributed by atoms with E-state index in [0.29, 0.717) is 0 Å². The molecule has 0 aliphatic heterocycles. The lowest BCUT2D eigenvalue weighted by molar-refractivity contribution is -0.731. The van der Waals surface area contributed by atoms with Gasteiger partial charge in [0.05, 0.1) is 6.20 Å². The predicted octanol–water partition coefficient (Wildman–Crippen LogP) is 0.569.